The van der Waals surface area contributed by atoms with Crippen LogP contribution in [0.2, 0.25) is 0 Å². The zero-order valence-corrected chi connectivity index (χ0v) is 11.7. The number of rotatable bonds is 7. The third-order valence-electron chi connectivity index (χ3n) is 2.70. The highest BCUT2D eigenvalue weighted by atomic mass is 32.2. The van der Waals surface area contributed by atoms with Crippen LogP contribution < -0.4 is 4.72 Å². The molecule has 1 aromatic rings. The fourth-order valence-electron chi connectivity index (χ4n) is 1.69. The largest absolute Gasteiger partial charge is 0.396 e. The smallest absolute Gasteiger partial charge is 0.249 e. The third kappa shape index (κ3) is 4.54. The summed E-state index contributed by atoms with van der Waals surface area (Å²) in [4.78, 5) is 0. The van der Waals surface area contributed by atoms with Gasteiger partial charge in [0.1, 0.15) is 0 Å². The molecule has 0 aliphatic carbocycles. The molecule has 6 heteroatoms. The quantitative estimate of drug-likeness (QED) is 0.795. The standard InChI is InChI=1S/C13H18N2O3S/c1-2-13(10-14)19(17,18)15-12-7-3-5-11(9-12)6-4-8-16/h3,5,7,9,13,15-16H,2,4,6,8H2,1H3. The first kappa shape index (κ1) is 15.5. The van der Waals surface area contributed by atoms with E-state index >= 15 is 0 Å². The van der Waals surface area contributed by atoms with Gasteiger partial charge in [-0.3, -0.25) is 4.72 Å². The number of nitriles is 1. The van der Waals surface area contributed by atoms with Gasteiger partial charge in [0.25, 0.3) is 0 Å². The van der Waals surface area contributed by atoms with Crippen LogP contribution in [-0.4, -0.2) is 25.4 Å². The van der Waals surface area contributed by atoms with Gasteiger partial charge in [0.15, 0.2) is 5.25 Å². The van der Waals surface area contributed by atoms with Crippen LogP contribution in [0, 0.1) is 11.3 Å². The molecular weight excluding hydrogens is 264 g/mol. The molecule has 5 nitrogen and oxygen atoms in total. The summed E-state index contributed by atoms with van der Waals surface area (Å²) in [5.74, 6) is 0. The zero-order chi connectivity index (χ0) is 14.3. The van der Waals surface area contributed by atoms with Crippen LogP contribution in [0.25, 0.3) is 0 Å². The van der Waals surface area contributed by atoms with Gasteiger partial charge >= 0.3 is 0 Å². The first-order valence-electron chi connectivity index (χ1n) is 6.14. The lowest BCUT2D eigenvalue weighted by molar-refractivity contribution is 0.288. The van der Waals surface area contributed by atoms with Crippen molar-refractivity contribution in [3.8, 4) is 6.07 Å². The topological polar surface area (TPSA) is 90.2 Å². The summed E-state index contributed by atoms with van der Waals surface area (Å²) in [5.41, 5.74) is 1.39. The molecule has 0 spiro atoms. The Morgan fingerprint density at radius 3 is 2.79 bits per heavy atom. The van der Waals surface area contributed by atoms with Crippen molar-refractivity contribution in [2.24, 2.45) is 0 Å². The molecule has 0 heterocycles. The van der Waals surface area contributed by atoms with E-state index in [0.29, 0.717) is 18.5 Å². The number of anilines is 1. The second kappa shape index (κ2) is 7.12. The van der Waals surface area contributed by atoms with Gasteiger partial charge in [-0.05, 0) is 37.0 Å². The van der Waals surface area contributed by atoms with Gasteiger partial charge in [-0.25, -0.2) is 8.42 Å². The SMILES string of the molecule is CCC(C#N)S(=O)(=O)Nc1cccc(CCCO)c1. The molecule has 0 saturated carbocycles. The van der Waals surface area contributed by atoms with Crippen LogP contribution in [0.5, 0.6) is 0 Å². The molecule has 1 rings (SSSR count). The number of benzene rings is 1. The number of aliphatic hydroxyl groups is 1. The van der Waals surface area contributed by atoms with E-state index in [1.807, 2.05) is 6.07 Å². The molecule has 0 bridgehead atoms. The van der Waals surface area contributed by atoms with Gasteiger partial charge in [0, 0.05) is 12.3 Å². The Labute approximate surface area is 113 Å². The van der Waals surface area contributed by atoms with E-state index < -0.39 is 15.3 Å². The Morgan fingerprint density at radius 1 is 1.47 bits per heavy atom. The number of nitrogens with one attached hydrogen (secondary N) is 1. The van der Waals surface area contributed by atoms with Crippen molar-refractivity contribution in [2.75, 3.05) is 11.3 Å². The first-order valence-corrected chi connectivity index (χ1v) is 7.69. The van der Waals surface area contributed by atoms with Crippen molar-refractivity contribution in [3.63, 3.8) is 0 Å². The van der Waals surface area contributed by atoms with Crippen molar-refractivity contribution in [1.82, 2.24) is 0 Å². The maximum absolute atomic E-state index is 11.9. The number of hydrogen-bond acceptors (Lipinski definition) is 4. The molecule has 1 atom stereocenters. The lowest BCUT2D eigenvalue weighted by Crippen LogP contribution is -2.25. The molecule has 1 aromatic carbocycles. The van der Waals surface area contributed by atoms with E-state index in [1.165, 1.54) is 0 Å². The Balaban J connectivity index is 2.85. The van der Waals surface area contributed by atoms with Gasteiger partial charge in [-0.1, -0.05) is 19.1 Å². The fourth-order valence-corrected chi connectivity index (χ4v) is 2.86. The molecule has 0 saturated heterocycles. The summed E-state index contributed by atoms with van der Waals surface area (Å²) < 4.78 is 26.3. The maximum Gasteiger partial charge on any atom is 0.249 e. The predicted molar refractivity (Wildman–Crippen MR) is 74.1 cm³/mol. The summed E-state index contributed by atoms with van der Waals surface area (Å²) in [6, 6.07) is 8.76. The van der Waals surface area contributed by atoms with Crippen molar-refractivity contribution in [2.45, 2.75) is 31.4 Å². The predicted octanol–water partition coefficient (Wildman–Crippen LogP) is 1.66. The molecule has 0 amide bonds. The Kier molecular flexibility index (Phi) is 5.80. The molecule has 0 aromatic heterocycles. The second-order valence-corrected chi connectivity index (χ2v) is 6.06. The third-order valence-corrected chi connectivity index (χ3v) is 4.41. The summed E-state index contributed by atoms with van der Waals surface area (Å²) in [7, 11) is -3.67. The van der Waals surface area contributed by atoms with Gasteiger partial charge in [0.05, 0.1) is 6.07 Å². The minimum atomic E-state index is -3.67. The minimum Gasteiger partial charge on any atom is -0.396 e. The van der Waals surface area contributed by atoms with E-state index in [1.54, 1.807) is 31.2 Å². The van der Waals surface area contributed by atoms with Crippen LogP contribution >= 0.6 is 0 Å². The van der Waals surface area contributed by atoms with E-state index in [9.17, 15) is 8.42 Å². The van der Waals surface area contributed by atoms with E-state index in [0.717, 1.165) is 5.56 Å². The second-order valence-electron chi connectivity index (χ2n) is 4.20. The number of nitrogens with zero attached hydrogens (tertiary/aromatic N) is 1. The highest BCUT2D eigenvalue weighted by Crippen LogP contribution is 2.16. The molecule has 0 fully saturated rings. The summed E-state index contributed by atoms with van der Waals surface area (Å²) in [5, 5.41) is 16.5. The van der Waals surface area contributed by atoms with Gasteiger partial charge < -0.3 is 5.11 Å². The van der Waals surface area contributed by atoms with Crippen LogP contribution in [0.1, 0.15) is 25.3 Å². The maximum atomic E-state index is 11.9. The van der Waals surface area contributed by atoms with Gasteiger partial charge in [-0.2, -0.15) is 5.26 Å². The van der Waals surface area contributed by atoms with Crippen LogP contribution in [0.4, 0.5) is 5.69 Å². The Morgan fingerprint density at radius 2 is 2.21 bits per heavy atom. The highest BCUT2D eigenvalue weighted by Gasteiger charge is 2.23. The average molecular weight is 282 g/mol. The lowest BCUT2D eigenvalue weighted by Gasteiger charge is -2.12. The zero-order valence-electron chi connectivity index (χ0n) is 10.8. The summed E-state index contributed by atoms with van der Waals surface area (Å²) >= 11 is 0. The average Bonchev–Trinajstić information content (AvgIpc) is 2.37. The highest BCUT2D eigenvalue weighted by molar-refractivity contribution is 7.93. The van der Waals surface area contributed by atoms with Gasteiger partial charge in [-0.15, -0.1) is 0 Å². The van der Waals surface area contributed by atoms with E-state index in [-0.39, 0.29) is 13.0 Å². The van der Waals surface area contributed by atoms with E-state index in [4.69, 9.17) is 10.4 Å². The summed E-state index contributed by atoms with van der Waals surface area (Å²) in [6.07, 6.45) is 1.56. The normalized spacial score (nSPS) is 12.7. The Bertz CT molecular complexity index is 549. The minimum absolute atomic E-state index is 0.0995. The van der Waals surface area contributed by atoms with Crippen molar-refractivity contribution >= 4 is 15.7 Å². The molecule has 104 valence electrons. The molecule has 0 radical (unpaired) electrons. The molecule has 19 heavy (non-hydrogen) atoms. The van der Waals surface area contributed by atoms with Crippen LogP contribution in [0.15, 0.2) is 24.3 Å². The molecule has 0 aliphatic heterocycles. The molecule has 0 aliphatic rings. The van der Waals surface area contributed by atoms with Crippen molar-refractivity contribution in [1.29, 1.82) is 5.26 Å². The first-order chi connectivity index (χ1) is 9.03. The molecule has 1 unspecified atom stereocenters. The Hall–Kier alpha value is -1.58. The summed E-state index contributed by atoms with van der Waals surface area (Å²) in [6.45, 7) is 1.76. The molecule has 2 N–H and O–H groups in total. The van der Waals surface area contributed by atoms with Crippen LogP contribution in [0.3, 0.4) is 0 Å². The van der Waals surface area contributed by atoms with E-state index in [2.05, 4.69) is 4.72 Å². The number of aliphatic hydroxyl groups excluding tert-OH is 1. The van der Waals surface area contributed by atoms with Crippen molar-refractivity contribution in [3.05, 3.63) is 29.8 Å². The van der Waals surface area contributed by atoms with Gasteiger partial charge in [0.2, 0.25) is 10.0 Å². The van der Waals surface area contributed by atoms with Crippen LogP contribution in [-0.2, 0) is 16.4 Å². The fraction of sp³-hybridized carbons (Fsp3) is 0.462. The van der Waals surface area contributed by atoms with Crippen molar-refractivity contribution < 1.29 is 13.5 Å². The molecular formula is C13H18N2O3S. The monoisotopic (exact) mass is 282 g/mol. The number of hydrogen-bond donors (Lipinski definition) is 2. The number of aryl methyl sites for hydroxylation is 1. The lowest BCUT2D eigenvalue weighted by atomic mass is 10.1. The number of sulfonamides is 1.